The molecule has 0 unspecified atom stereocenters. The average Bonchev–Trinajstić information content (AvgIpc) is 3.15. The van der Waals surface area contributed by atoms with E-state index in [1.165, 1.54) is 18.2 Å². The van der Waals surface area contributed by atoms with E-state index in [9.17, 15) is 47.4 Å². The van der Waals surface area contributed by atoms with E-state index < -0.39 is 34.6 Å². The van der Waals surface area contributed by atoms with Crippen LogP contribution in [0.3, 0.4) is 0 Å². The molecule has 1 aliphatic carbocycles. The van der Waals surface area contributed by atoms with Gasteiger partial charge >= 0.3 is 12.4 Å². The Balaban J connectivity index is 2.03. The van der Waals surface area contributed by atoms with Crippen LogP contribution in [-0.2, 0) is 12.4 Å². The van der Waals surface area contributed by atoms with Gasteiger partial charge in [0.15, 0.2) is 11.4 Å². The molecule has 0 bridgehead atoms. The summed E-state index contributed by atoms with van der Waals surface area (Å²) in [5.74, 6) is 0. The maximum Gasteiger partial charge on any atom is 0.416 e. The lowest BCUT2D eigenvalue weighted by Crippen LogP contribution is -2.11. The predicted octanol–water partition coefficient (Wildman–Crippen LogP) is 5.75. The lowest BCUT2D eigenvalue weighted by atomic mass is 9.94. The van der Waals surface area contributed by atoms with E-state index in [-0.39, 0.29) is 51.1 Å². The predicted molar refractivity (Wildman–Crippen MR) is 110 cm³/mol. The molecular weight excluding hydrogens is 486 g/mol. The molecule has 0 saturated heterocycles. The van der Waals surface area contributed by atoms with Gasteiger partial charge in [0.2, 0.25) is 0 Å². The van der Waals surface area contributed by atoms with Crippen molar-refractivity contribution in [3.8, 4) is 46.7 Å². The Hall–Kier alpha value is -5.20. The van der Waals surface area contributed by atoms with Crippen LogP contribution in [0.4, 0.5) is 26.3 Å². The zero-order valence-electron chi connectivity index (χ0n) is 17.4. The van der Waals surface area contributed by atoms with Gasteiger partial charge in [-0.25, -0.2) is 9.97 Å². The molecule has 3 aromatic rings. The number of hydrogen-bond donors (Lipinski definition) is 0. The second-order valence-corrected chi connectivity index (χ2v) is 7.37. The topological polar surface area (TPSA) is 121 Å². The molecule has 0 amide bonds. The van der Waals surface area contributed by atoms with Gasteiger partial charge in [0.05, 0.1) is 16.8 Å². The molecule has 0 N–H and O–H groups in total. The molecule has 174 valence electrons. The normalized spacial score (nSPS) is 12.0. The number of benzene rings is 2. The molecule has 0 atom stereocenters. The highest BCUT2D eigenvalue weighted by Crippen LogP contribution is 2.46. The van der Waals surface area contributed by atoms with Gasteiger partial charge in [-0.2, -0.15) is 47.4 Å². The Labute approximate surface area is 198 Å². The number of alkyl halides is 6. The van der Waals surface area contributed by atoms with Gasteiger partial charge in [-0.05, 0) is 41.0 Å². The van der Waals surface area contributed by atoms with Crippen molar-refractivity contribution in [3.05, 3.63) is 75.7 Å². The summed E-state index contributed by atoms with van der Waals surface area (Å²) in [6.07, 6.45) is -10.1. The summed E-state index contributed by atoms with van der Waals surface area (Å²) in [5.41, 5.74) is -4.58. The number of halogens is 6. The summed E-state index contributed by atoms with van der Waals surface area (Å²) in [6, 6.07) is 11.6. The van der Waals surface area contributed by atoms with Crippen molar-refractivity contribution in [2.45, 2.75) is 12.4 Å². The van der Waals surface area contributed by atoms with E-state index >= 15 is 0 Å². The van der Waals surface area contributed by atoms with Crippen molar-refractivity contribution in [1.82, 2.24) is 9.97 Å². The first-order valence-corrected chi connectivity index (χ1v) is 9.64. The molecule has 0 saturated carbocycles. The number of nitriles is 4. The summed E-state index contributed by atoms with van der Waals surface area (Å²) in [7, 11) is 0. The van der Waals surface area contributed by atoms with Gasteiger partial charge in [0, 0.05) is 11.1 Å². The van der Waals surface area contributed by atoms with Crippen molar-refractivity contribution in [3.63, 3.8) is 0 Å². The van der Waals surface area contributed by atoms with Crippen LogP contribution in [0.25, 0.3) is 28.0 Å². The summed E-state index contributed by atoms with van der Waals surface area (Å²) in [5, 5.41) is 37.5. The molecule has 6 nitrogen and oxygen atoms in total. The summed E-state index contributed by atoms with van der Waals surface area (Å²) in [4.78, 5) is 8.13. The van der Waals surface area contributed by atoms with Crippen LogP contribution in [-0.4, -0.2) is 9.97 Å². The zero-order valence-corrected chi connectivity index (χ0v) is 17.4. The molecule has 12 heteroatoms. The molecule has 0 fully saturated rings. The van der Waals surface area contributed by atoms with Crippen molar-refractivity contribution in [2.24, 2.45) is 0 Å². The molecule has 4 rings (SSSR count). The van der Waals surface area contributed by atoms with Crippen LogP contribution >= 0.6 is 0 Å². The van der Waals surface area contributed by atoms with E-state index in [1.807, 2.05) is 0 Å². The first-order chi connectivity index (χ1) is 16.9. The fraction of sp³-hybridized carbons (Fsp3) is 0.0833. The molecule has 0 radical (unpaired) electrons. The number of fused-ring (bicyclic) bond motifs is 3. The second-order valence-electron chi connectivity index (χ2n) is 7.37. The SMILES string of the molecule is N#CC(C#N)=C1c2cc(-c3cc(C(F)(F)F)cc(C(F)(F)F)c3)ccc2-c2nc(C#N)c(C#N)nc21. The molecule has 2 aromatic carbocycles. The average molecular weight is 492 g/mol. The van der Waals surface area contributed by atoms with Gasteiger partial charge < -0.3 is 0 Å². The van der Waals surface area contributed by atoms with Gasteiger partial charge in [0.25, 0.3) is 0 Å². The van der Waals surface area contributed by atoms with Crippen LogP contribution in [0.2, 0.25) is 0 Å². The molecular formula is C24H6F6N6. The van der Waals surface area contributed by atoms with E-state index in [4.69, 9.17) is 0 Å². The van der Waals surface area contributed by atoms with E-state index in [0.29, 0.717) is 12.1 Å². The molecule has 1 heterocycles. The monoisotopic (exact) mass is 492 g/mol. The third kappa shape index (κ3) is 3.87. The first kappa shape index (κ1) is 23.9. The number of hydrogen-bond acceptors (Lipinski definition) is 6. The van der Waals surface area contributed by atoms with Crippen molar-refractivity contribution in [1.29, 1.82) is 21.0 Å². The number of rotatable bonds is 1. The van der Waals surface area contributed by atoms with Gasteiger partial charge in [0.1, 0.15) is 35.5 Å². The summed E-state index contributed by atoms with van der Waals surface area (Å²) >= 11 is 0. The second kappa shape index (κ2) is 8.23. The van der Waals surface area contributed by atoms with E-state index in [2.05, 4.69) is 9.97 Å². The van der Waals surface area contributed by atoms with Crippen LogP contribution in [0.1, 0.15) is 33.8 Å². The maximum absolute atomic E-state index is 13.3. The lowest BCUT2D eigenvalue weighted by Gasteiger charge is -2.15. The molecule has 0 aliphatic heterocycles. The van der Waals surface area contributed by atoms with Crippen LogP contribution < -0.4 is 0 Å². The largest absolute Gasteiger partial charge is 0.416 e. The van der Waals surface area contributed by atoms with Crippen molar-refractivity contribution >= 4 is 5.57 Å². The minimum Gasteiger partial charge on any atom is -0.232 e. The maximum atomic E-state index is 13.3. The molecule has 0 spiro atoms. The number of allylic oxidation sites excluding steroid dienone is 1. The first-order valence-electron chi connectivity index (χ1n) is 9.64. The van der Waals surface area contributed by atoms with Gasteiger partial charge in [-0.1, -0.05) is 12.1 Å². The Morgan fingerprint density at radius 2 is 1.17 bits per heavy atom. The zero-order chi connectivity index (χ0) is 26.4. The fourth-order valence-corrected chi connectivity index (χ4v) is 3.73. The Morgan fingerprint density at radius 3 is 1.64 bits per heavy atom. The van der Waals surface area contributed by atoms with Crippen LogP contribution in [0.5, 0.6) is 0 Å². The Bertz CT molecular complexity index is 1610. The minimum absolute atomic E-state index is 0.00218. The van der Waals surface area contributed by atoms with Gasteiger partial charge in [-0.15, -0.1) is 0 Å². The molecule has 36 heavy (non-hydrogen) atoms. The lowest BCUT2D eigenvalue weighted by molar-refractivity contribution is -0.143. The summed E-state index contributed by atoms with van der Waals surface area (Å²) < 4.78 is 80.0. The van der Waals surface area contributed by atoms with Crippen molar-refractivity contribution < 1.29 is 26.3 Å². The third-order valence-corrected chi connectivity index (χ3v) is 5.28. The van der Waals surface area contributed by atoms with Crippen LogP contribution in [0.15, 0.2) is 42.0 Å². The Morgan fingerprint density at radius 1 is 0.639 bits per heavy atom. The smallest absolute Gasteiger partial charge is 0.232 e. The quantitative estimate of drug-likeness (QED) is 0.246. The number of aromatic nitrogens is 2. The summed E-state index contributed by atoms with van der Waals surface area (Å²) in [6.45, 7) is 0. The van der Waals surface area contributed by atoms with Crippen molar-refractivity contribution in [2.75, 3.05) is 0 Å². The van der Waals surface area contributed by atoms with Gasteiger partial charge in [-0.3, -0.25) is 0 Å². The molecule has 1 aromatic heterocycles. The van der Waals surface area contributed by atoms with E-state index in [1.54, 1.807) is 24.3 Å². The standard InChI is InChI=1S/C24H6F6N6/c25-23(26,27)14-3-12(4-15(6-14)24(28,29)30)11-1-2-16-17(5-11)20(13(7-31)8-32)22-21(16)35-18(9-33)19(10-34)36-22/h1-6H. The van der Waals surface area contributed by atoms with E-state index in [0.717, 1.165) is 0 Å². The highest BCUT2D eigenvalue weighted by atomic mass is 19.4. The Kier molecular flexibility index (Phi) is 5.47. The highest BCUT2D eigenvalue weighted by molar-refractivity contribution is 6.02. The fourth-order valence-electron chi connectivity index (χ4n) is 3.73. The minimum atomic E-state index is -5.06. The third-order valence-electron chi connectivity index (χ3n) is 5.28. The highest BCUT2D eigenvalue weighted by Gasteiger charge is 2.37. The molecule has 1 aliphatic rings. The van der Waals surface area contributed by atoms with Crippen LogP contribution in [0, 0.1) is 45.3 Å². The number of nitrogens with zero attached hydrogens (tertiary/aromatic N) is 6.